The predicted molar refractivity (Wildman–Crippen MR) is 76.6 cm³/mol. The van der Waals surface area contributed by atoms with E-state index in [9.17, 15) is 0 Å². The van der Waals surface area contributed by atoms with Crippen molar-refractivity contribution in [1.29, 1.82) is 0 Å². The van der Waals surface area contributed by atoms with Crippen LogP contribution in [-0.4, -0.2) is 30.0 Å². The minimum Gasteiger partial charge on any atom is -0.497 e. The fraction of sp³-hybridized carbons (Fsp3) is 0.357. The third kappa shape index (κ3) is 3.26. The normalized spacial score (nSPS) is 10.5. The maximum absolute atomic E-state index is 5.51. The van der Waals surface area contributed by atoms with Crippen LogP contribution in [0.3, 0.4) is 0 Å². The summed E-state index contributed by atoms with van der Waals surface area (Å²) in [5.41, 5.74) is 8.93. The van der Waals surface area contributed by atoms with Crippen molar-refractivity contribution in [3.8, 4) is 5.75 Å². The molecule has 2 rings (SSSR count). The van der Waals surface area contributed by atoms with Gasteiger partial charge in [-0.2, -0.15) is 5.10 Å². The number of rotatable bonds is 6. The minimum atomic E-state index is 0.608. The van der Waals surface area contributed by atoms with Gasteiger partial charge in [-0.15, -0.1) is 0 Å². The van der Waals surface area contributed by atoms with Crippen LogP contribution < -0.4 is 15.8 Å². The number of hydrogen-bond donors (Lipinski definition) is 2. The fourth-order valence-electron chi connectivity index (χ4n) is 1.96. The molecule has 0 aliphatic heterocycles. The second-order valence-electron chi connectivity index (χ2n) is 4.37. The SMILES string of the molecule is COc1ccc(Cc2c(NCCN)cnn2C)cc1. The van der Waals surface area contributed by atoms with Gasteiger partial charge >= 0.3 is 0 Å². The van der Waals surface area contributed by atoms with E-state index >= 15 is 0 Å². The molecule has 1 heterocycles. The standard InChI is InChI=1S/C14H20N4O/c1-18-14(13(10-17-18)16-8-7-15)9-11-3-5-12(19-2)6-4-11/h3-6,10,16H,7-9,15H2,1-2H3. The molecule has 0 atom stereocenters. The first kappa shape index (κ1) is 13.4. The Hall–Kier alpha value is -2.01. The first-order valence-electron chi connectivity index (χ1n) is 6.32. The number of nitrogens with zero attached hydrogens (tertiary/aromatic N) is 2. The van der Waals surface area contributed by atoms with Gasteiger partial charge in [0.15, 0.2) is 0 Å². The third-order valence-electron chi connectivity index (χ3n) is 3.05. The molecule has 0 aliphatic carbocycles. The number of hydrogen-bond acceptors (Lipinski definition) is 4. The van der Waals surface area contributed by atoms with E-state index in [1.165, 1.54) is 5.56 Å². The van der Waals surface area contributed by atoms with Crippen LogP contribution in [0, 0.1) is 0 Å². The van der Waals surface area contributed by atoms with Crippen LogP contribution in [0.1, 0.15) is 11.3 Å². The molecule has 0 aliphatic rings. The molecule has 19 heavy (non-hydrogen) atoms. The van der Waals surface area contributed by atoms with Gasteiger partial charge in [-0.05, 0) is 17.7 Å². The summed E-state index contributed by atoms with van der Waals surface area (Å²) in [6, 6.07) is 8.08. The van der Waals surface area contributed by atoms with E-state index in [4.69, 9.17) is 10.5 Å². The average Bonchev–Trinajstić information content (AvgIpc) is 2.78. The Balaban J connectivity index is 2.14. The van der Waals surface area contributed by atoms with E-state index < -0.39 is 0 Å². The summed E-state index contributed by atoms with van der Waals surface area (Å²) < 4.78 is 7.05. The molecule has 5 nitrogen and oxygen atoms in total. The summed E-state index contributed by atoms with van der Waals surface area (Å²) in [5.74, 6) is 0.871. The largest absolute Gasteiger partial charge is 0.497 e. The molecule has 0 fully saturated rings. The van der Waals surface area contributed by atoms with Crippen molar-refractivity contribution in [2.75, 3.05) is 25.5 Å². The van der Waals surface area contributed by atoms with Gasteiger partial charge in [-0.25, -0.2) is 0 Å². The molecule has 0 unspecified atom stereocenters. The van der Waals surface area contributed by atoms with Gasteiger partial charge in [0.1, 0.15) is 5.75 Å². The van der Waals surface area contributed by atoms with Crippen LogP contribution in [-0.2, 0) is 13.5 Å². The summed E-state index contributed by atoms with van der Waals surface area (Å²) >= 11 is 0. The van der Waals surface area contributed by atoms with E-state index in [1.54, 1.807) is 7.11 Å². The van der Waals surface area contributed by atoms with Crippen molar-refractivity contribution in [2.45, 2.75) is 6.42 Å². The number of methoxy groups -OCH3 is 1. The Bertz CT molecular complexity index is 519. The van der Waals surface area contributed by atoms with Crippen molar-refractivity contribution in [3.63, 3.8) is 0 Å². The first-order chi connectivity index (χ1) is 9.24. The number of ether oxygens (including phenoxy) is 1. The van der Waals surface area contributed by atoms with Gasteiger partial charge in [-0.3, -0.25) is 4.68 Å². The molecule has 0 radical (unpaired) electrons. The lowest BCUT2D eigenvalue weighted by atomic mass is 10.1. The van der Waals surface area contributed by atoms with Gasteiger partial charge in [0.25, 0.3) is 0 Å². The minimum absolute atomic E-state index is 0.608. The highest BCUT2D eigenvalue weighted by molar-refractivity contribution is 5.48. The smallest absolute Gasteiger partial charge is 0.118 e. The predicted octanol–water partition coefficient (Wildman–Crippen LogP) is 1.39. The van der Waals surface area contributed by atoms with E-state index in [2.05, 4.69) is 22.5 Å². The lowest BCUT2D eigenvalue weighted by Gasteiger charge is -2.08. The van der Waals surface area contributed by atoms with Crippen molar-refractivity contribution < 1.29 is 4.74 Å². The Morgan fingerprint density at radius 1 is 1.32 bits per heavy atom. The molecule has 1 aromatic heterocycles. The van der Waals surface area contributed by atoms with Gasteiger partial charge in [0.05, 0.1) is 24.7 Å². The van der Waals surface area contributed by atoms with Crippen molar-refractivity contribution >= 4 is 5.69 Å². The van der Waals surface area contributed by atoms with Crippen LogP contribution in [0.15, 0.2) is 30.5 Å². The number of nitrogens with one attached hydrogen (secondary N) is 1. The topological polar surface area (TPSA) is 65.1 Å². The van der Waals surface area contributed by atoms with E-state index in [1.807, 2.05) is 30.1 Å². The Morgan fingerprint density at radius 2 is 2.05 bits per heavy atom. The number of anilines is 1. The number of aryl methyl sites for hydroxylation is 1. The maximum Gasteiger partial charge on any atom is 0.118 e. The summed E-state index contributed by atoms with van der Waals surface area (Å²) in [6.07, 6.45) is 2.67. The molecule has 3 N–H and O–H groups in total. The van der Waals surface area contributed by atoms with Gasteiger partial charge in [0, 0.05) is 26.6 Å². The van der Waals surface area contributed by atoms with Crippen LogP contribution in [0.25, 0.3) is 0 Å². The zero-order chi connectivity index (χ0) is 13.7. The lowest BCUT2D eigenvalue weighted by Crippen LogP contribution is -2.14. The average molecular weight is 260 g/mol. The number of benzene rings is 1. The third-order valence-corrected chi connectivity index (χ3v) is 3.05. The number of nitrogens with two attached hydrogens (primary N) is 1. The second kappa shape index (κ2) is 6.24. The zero-order valence-electron chi connectivity index (χ0n) is 11.4. The highest BCUT2D eigenvalue weighted by Gasteiger charge is 2.08. The Kier molecular flexibility index (Phi) is 4.41. The lowest BCUT2D eigenvalue weighted by molar-refractivity contribution is 0.414. The molecule has 102 valence electrons. The fourth-order valence-corrected chi connectivity index (χ4v) is 1.96. The summed E-state index contributed by atoms with van der Waals surface area (Å²) in [5, 5.41) is 7.58. The monoisotopic (exact) mass is 260 g/mol. The molecule has 0 spiro atoms. The van der Waals surface area contributed by atoms with Crippen LogP contribution in [0.5, 0.6) is 5.75 Å². The molecule has 5 heteroatoms. The van der Waals surface area contributed by atoms with Crippen LogP contribution in [0.4, 0.5) is 5.69 Å². The highest BCUT2D eigenvalue weighted by Crippen LogP contribution is 2.20. The maximum atomic E-state index is 5.51. The molecular formula is C14H20N4O. The Labute approximate surface area is 113 Å². The molecule has 0 bridgehead atoms. The van der Waals surface area contributed by atoms with E-state index in [0.29, 0.717) is 6.54 Å². The summed E-state index contributed by atoms with van der Waals surface area (Å²) in [4.78, 5) is 0. The summed E-state index contributed by atoms with van der Waals surface area (Å²) in [6.45, 7) is 1.36. The second-order valence-corrected chi connectivity index (χ2v) is 4.37. The first-order valence-corrected chi connectivity index (χ1v) is 6.32. The molecule has 0 saturated carbocycles. The van der Waals surface area contributed by atoms with Crippen molar-refractivity contribution in [3.05, 3.63) is 41.7 Å². The molecule has 1 aromatic carbocycles. The Morgan fingerprint density at radius 3 is 2.68 bits per heavy atom. The van der Waals surface area contributed by atoms with Gasteiger partial charge < -0.3 is 15.8 Å². The molecular weight excluding hydrogens is 240 g/mol. The summed E-state index contributed by atoms with van der Waals surface area (Å²) in [7, 11) is 3.62. The van der Waals surface area contributed by atoms with E-state index in [0.717, 1.165) is 30.1 Å². The molecule has 2 aromatic rings. The van der Waals surface area contributed by atoms with Gasteiger partial charge in [0.2, 0.25) is 0 Å². The quantitative estimate of drug-likeness (QED) is 0.824. The molecule has 0 saturated heterocycles. The zero-order valence-corrected chi connectivity index (χ0v) is 11.4. The van der Waals surface area contributed by atoms with Crippen molar-refractivity contribution in [2.24, 2.45) is 12.8 Å². The highest BCUT2D eigenvalue weighted by atomic mass is 16.5. The van der Waals surface area contributed by atoms with Crippen molar-refractivity contribution in [1.82, 2.24) is 9.78 Å². The molecule has 0 amide bonds. The van der Waals surface area contributed by atoms with Crippen LogP contribution >= 0.6 is 0 Å². The van der Waals surface area contributed by atoms with E-state index in [-0.39, 0.29) is 0 Å². The number of aromatic nitrogens is 2. The van der Waals surface area contributed by atoms with Crippen LogP contribution in [0.2, 0.25) is 0 Å². The van der Waals surface area contributed by atoms with Gasteiger partial charge in [-0.1, -0.05) is 12.1 Å².